The smallest absolute Gasteiger partial charge is 0.257 e. The molecule has 2 heterocycles. The topological polar surface area (TPSA) is 77.3 Å². The summed E-state index contributed by atoms with van der Waals surface area (Å²) in [5.74, 6) is 0.513. The largest absolute Gasteiger partial charge is 0.482 e. The molecule has 1 saturated heterocycles. The molecule has 0 amide bonds. The molecule has 1 atom stereocenters. The zero-order chi connectivity index (χ0) is 13.8. The number of nitrogens with one attached hydrogen (secondary N) is 1. The SMILES string of the molecule is O=[N+]([O-])/C=C1\NCCCC1Oc1cnc(Cl)c(Br)c1. The molecule has 0 saturated carbocycles. The van der Waals surface area contributed by atoms with Gasteiger partial charge in [-0.2, -0.15) is 0 Å². The van der Waals surface area contributed by atoms with Crippen LogP contribution >= 0.6 is 27.5 Å². The Labute approximate surface area is 123 Å². The molecule has 0 radical (unpaired) electrons. The van der Waals surface area contributed by atoms with Crippen LogP contribution in [0.25, 0.3) is 0 Å². The highest BCUT2D eigenvalue weighted by atomic mass is 79.9. The number of hydrogen-bond acceptors (Lipinski definition) is 5. The van der Waals surface area contributed by atoms with E-state index in [1.807, 2.05) is 0 Å². The monoisotopic (exact) mass is 347 g/mol. The van der Waals surface area contributed by atoms with Gasteiger partial charge in [-0.25, -0.2) is 4.98 Å². The van der Waals surface area contributed by atoms with Gasteiger partial charge in [-0.15, -0.1) is 0 Å². The molecule has 1 aliphatic heterocycles. The number of halogens is 2. The molecular weight excluding hydrogens is 337 g/mol. The van der Waals surface area contributed by atoms with Crippen molar-refractivity contribution in [3.63, 3.8) is 0 Å². The van der Waals surface area contributed by atoms with E-state index in [1.54, 1.807) is 6.07 Å². The minimum absolute atomic E-state index is 0.343. The fraction of sp³-hybridized carbons (Fsp3) is 0.364. The predicted molar refractivity (Wildman–Crippen MR) is 73.7 cm³/mol. The van der Waals surface area contributed by atoms with Crippen LogP contribution in [-0.4, -0.2) is 22.6 Å². The van der Waals surface area contributed by atoms with Gasteiger partial charge in [0.2, 0.25) is 0 Å². The Balaban J connectivity index is 2.15. The van der Waals surface area contributed by atoms with Crippen molar-refractivity contribution in [3.8, 4) is 5.75 Å². The predicted octanol–water partition coefficient (Wildman–Crippen LogP) is 2.75. The average Bonchev–Trinajstić information content (AvgIpc) is 2.36. The first-order valence-electron chi connectivity index (χ1n) is 5.63. The summed E-state index contributed by atoms with van der Waals surface area (Å²) in [5.41, 5.74) is 0.474. The van der Waals surface area contributed by atoms with Crippen LogP contribution < -0.4 is 10.1 Å². The van der Waals surface area contributed by atoms with Gasteiger partial charge in [0.25, 0.3) is 6.20 Å². The molecule has 102 valence electrons. The normalized spacial score (nSPS) is 20.9. The summed E-state index contributed by atoms with van der Waals surface area (Å²) >= 11 is 9.05. The molecule has 0 bridgehead atoms. The van der Waals surface area contributed by atoms with Crippen LogP contribution in [0.2, 0.25) is 5.15 Å². The van der Waals surface area contributed by atoms with Crippen molar-refractivity contribution in [2.75, 3.05) is 6.54 Å². The first-order chi connectivity index (χ1) is 9.06. The number of hydrogen-bond donors (Lipinski definition) is 1. The van der Waals surface area contributed by atoms with Gasteiger partial charge in [-0.1, -0.05) is 11.6 Å². The Kier molecular flexibility index (Phi) is 4.60. The maximum absolute atomic E-state index is 10.6. The molecule has 0 aliphatic carbocycles. The van der Waals surface area contributed by atoms with E-state index in [2.05, 4.69) is 26.2 Å². The number of rotatable bonds is 3. The zero-order valence-corrected chi connectivity index (χ0v) is 12.1. The van der Waals surface area contributed by atoms with Crippen molar-refractivity contribution in [1.29, 1.82) is 0 Å². The van der Waals surface area contributed by atoms with E-state index in [1.165, 1.54) is 6.20 Å². The van der Waals surface area contributed by atoms with Gasteiger partial charge in [0, 0.05) is 6.54 Å². The lowest BCUT2D eigenvalue weighted by Gasteiger charge is -2.25. The number of pyridine rings is 1. The number of nitrogens with zero attached hydrogens (tertiary/aromatic N) is 2. The first kappa shape index (κ1) is 14.1. The van der Waals surface area contributed by atoms with Crippen LogP contribution in [-0.2, 0) is 0 Å². The van der Waals surface area contributed by atoms with Crippen molar-refractivity contribution in [1.82, 2.24) is 10.3 Å². The third kappa shape index (κ3) is 3.81. The summed E-state index contributed by atoms with van der Waals surface area (Å²) in [4.78, 5) is 14.0. The molecule has 6 nitrogen and oxygen atoms in total. The molecule has 1 fully saturated rings. The van der Waals surface area contributed by atoms with Gasteiger partial charge in [-0.3, -0.25) is 10.1 Å². The minimum Gasteiger partial charge on any atom is -0.482 e. The maximum atomic E-state index is 10.6. The fourth-order valence-electron chi connectivity index (χ4n) is 1.79. The molecule has 19 heavy (non-hydrogen) atoms. The van der Waals surface area contributed by atoms with Gasteiger partial charge in [-0.05, 0) is 34.8 Å². The van der Waals surface area contributed by atoms with E-state index in [0.717, 1.165) is 12.6 Å². The molecule has 2 rings (SSSR count). The molecule has 8 heteroatoms. The Morgan fingerprint density at radius 3 is 3.16 bits per heavy atom. The molecule has 0 spiro atoms. The lowest BCUT2D eigenvalue weighted by molar-refractivity contribution is -0.404. The Morgan fingerprint density at radius 1 is 1.68 bits per heavy atom. The molecule has 1 aliphatic rings. The van der Waals surface area contributed by atoms with Crippen LogP contribution in [0.15, 0.2) is 28.6 Å². The third-order valence-corrected chi connectivity index (χ3v) is 3.75. The molecule has 1 N–H and O–H groups in total. The maximum Gasteiger partial charge on any atom is 0.257 e. The molecule has 1 aromatic rings. The summed E-state index contributed by atoms with van der Waals surface area (Å²) in [6, 6.07) is 1.69. The van der Waals surface area contributed by atoms with Gasteiger partial charge < -0.3 is 10.1 Å². The summed E-state index contributed by atoms with van der Waals surface area (Å²) in [7, 11) is 0. The van der Waals surface area contributed by atoms with E-state index in [4.69, 9.17) is 16.3 Å². The average molecular weight is 349 g/mol. The van der Waals surface area contributed by atoms with Gasteiger partial charge in [0.05, 0.1) is 15.6 Å². The highest BCUT2D eigenvalue weighted by molar-refractivity contribution is 9.10. The van der Waals surface area contributed by atoms with E-state index in [0.29, 0.717) is 34.0 Å². The van der Waals surface area contributed by atoms with Crippen LogP contribution in [0.1, 0.15) is 12.8 Å². The number of nitro groups is 1. The van der Waals surface area contributed by atoms with Gasteiger partial charge in [0.15, 0.2) is 0 Å². The van der Waals surface area contributed by atoms with Crippen LogP contribution in [0.4, 0.5) is 0 Å². The quantitative estimate of drug-likeness (QED) is 0.516. The van der Waals surface area contributed by atoms with Crippen molar-refractivity contribution < 1.29 is 9.66 Å². The lowest BCUT2D eigenvalue weighted by Crippen LogP contribution is -2.35. The second-order valence-electron chi connectivity index (χ2n) is 3.99. The first-order valence-corrected chi connectivity index (χ1v) is 6.80. The van der Waals surface area contributed by atoms with Crippen molar-refractivity contribution in [2.45, 2.75) is 18.9 Å². The van der Waals surface area contributed by atoms with Crippen molar-refractivity contribution >= 4 is 27.5 Å². The Bertz CT molecular complexity index is 524. The van der Waals surface area contributed by atoms with E-state index >= 15 is 0 Å². The van der Waals surface area contributed by atoms with Crippen LogP contribution in [0.5, 0.6) is 5.75 Å². The summed E-state index contributed by atoms with van der Waals surface area (Å²) in [5, 5.41) is 13.9. The standard InChI is InChI=1S/C11H11BrClN3O3/c12-8-4-7(5-15-11(8)13)19-10-2-1-3-14-9(10)6-16(17)18/h4-6,10,14H,1-3H2/b9-6-. The van der Waals surface area contributed by atoms with E-state index in [-0.39, 0.29) is 6.10 Å². The van der Waals surface area contributed by atoms with Gasteiger partial charge >= 0.3 is 0 Å². The van der Waals surface area contributed by atoms with Crippen LogP contribution in [0.3, 0.4) is 0 Å². The fourth-order valence-corrected chi connectivity index (χ4v) is 2.22. The highest BCUT2D eigenvalue weighted by Gasteiger charge is 2.23. The van der Waals surface area contributed by atoms with Crippen LogP contribution in [0, 0.1) is 10.1 Å². The Morgan fingerprint density at radius 2 is 2.47 bits per heavy atom. The van der Waals surface area contributed by atoms with E-state index in [9.17, 15) is 10.1 Å². The number of ether oxygens (including phenoxy) is 1. The minimum atomic E-state index is -0.486. The third-order valence-electron chi connectivity index (χ3n) is 2.61. The highest BCUT2D eigenvalue weighted by Crippen LogP contribution is 2.26. The van der Waals surface area contributed by atoms with E-state index < -0.39 is 4.92 Å². The summed E-state index contributed by atoms with van der Waals surface area (Å²) in [6.07, 6.45) is 3.68. The molecule has 1 aromatic heterocycles. The molecule has 0 aromatic carbocycles. The lowest BCUT2D eigenvalue weighted by atomic mass is 10.1. The van der Waals surface area contributed by atoms with Crippen molar-refractivity contribution in [3.05, 3.63) is 43.9 Å². The summed E-state index contributed by atoms with van der Waals surface area (Å²) < 4.78 is 6.34. The molecular formula is C11H11BrClN3O3. The van der Waals surface area contributed by atoms with Gasteiger partial charge in [0.1, 0.15) is 22.7 Å². The second-order valence-corrected chi connectivity index (χ2v) is 5.20. The zero-order valence-electron chi connectivity index (χ0n) is 9.81. The second kappa shape index (κ2) is 6.21. The summed E-state index contributed by atoms with van der Waals surface area (Å²) in [6.45, 7) is 0.710. The Hall–Kier alpha value is -1.34. The van der Waals surface area contributed by atoms with Crippen molar-refractivity contribution in [2.24, 2.45) is 0 Å². The number of piperidine rings is 1. The number of aromatic nitrogens is 1. The molecule has 1 unspecified atom stereocenters.